The topological polar surface area (TPSA) is 57.5 Å². The van der Waals surface area contributed by atoms with Crippen molar-refractivity contribution in [3.8, 4) is 0 Å². The summed E-state index contributed by atoms with van der Waals surface area (Å²) in [7, 11) is 0. The standard InChI is InChI=1S/C9H14F2O3/c1-5(2)6-3-8(14,4-6)9(10,11)7(12)13/h5-6,14H,3-4H2,1-2H3,(H,12,13). The molecule has 5 heteroatoms. The number of carbonyl (C=O) groups is 1. The maximum absolute atomic E-state index is 13.0. The van der Waals surface area contributed by atoms with Crippen LogP contribution in [0.4, 0.5) is 8.78 Å². The summed E-state index contributed by atoms with van der Waals surface area (Å²) in [6, 6.07) is 0. The number of hydrogen-bond donors (Lipinski definition) is 2. The molecule has 0 unspecified atom stereocenters. The van der Waals surface area contributed by atoms with Crippen molar-refractivity contribution in [3.05, 3.63) is 0 Å². The molecule has 1 rings (SSSR count). The molecule has 3 nitrogen and oxygen atoms in total. The van der Waals surface area contributed by atoms with Crippen molar-refractivity contribution in [2.75, 3.05) is 0 Å². The predicted molar refractivity (Wildman–Crippen MR) is 45.1 cm³/mol. The molecule has 0 saturated heterocycles. The molecule has 0 heterocycles. The molecule has 1 saturated carbocycles. The molecule has 14 heavy (non-hydrogen) atoms. The zero-order valence-electron chi connectivity index (χ0n) is 8.13. The van der Waals surface area contributed by atoms with E-state index in [1.807, 2.05) is 13.8 Å². The first kappa shape index (κ1) is 11.4. The van der Waals surface area contributed by atoms with Crippen LogP contribution in [0.15, 0.2) is 0 Å². The van der Waals surface area contributed by atoms with Gasteiger partial charge in [0.2, 0.25) is 0 Å². The van der Waals surface area contributed by atoms with E-state index in [2.05, 4.69) is 0 Å². The van der Waals surface area contributed by atoms with E-state index in [0.29, 0.717) is 0 Å². The third kappa shape index (κ3) is 1.49. The van der Waals surface area contributed by atoms with Gasteiger partial charge in [-0.25, -0.2) is 4.79 Å². The Hall–Kier alpha value is -0.710. The van der Waals surface area contributed by atoms with Crippen LogP contribution in [-0.4, -0.2) is 27.7 Å². The Labute approximate surface area is 80.7 Å². The first-order chi connectivity index (χ1) is 6.21. The smallest absolute Gasteiger partial charge is 0.377 e. The molecule has 1 fully saturated rings. The van der Waals surface area contributed by atoms with E-state index >= 15 is 0 Å². The quantitative estimate of drug-likeness (QED) is 0.739. The van der Waals surface area contributed by atoms with E-state index in [1.165, 1.54) is 0 Å². The summed E-state index contributed by atoms with van der Waals surface area (Å²) in [4.78, 5) is 10.2. The average molecular weight is 208 g/mol. The number of carboxylic acid groups (broad SMARTS) is 1. The molecular formula is C9H14F2O3. The molecule has 0 aromatic heterocycles. The minimum absolute atomic E-state index is 0.00905. The molecule has 0 radical (unpaired) electrons. The van der Waals surface area contributed by atoms with E-state index < -0.39 is 17.5 Å². The van der Waals surface area contributed by atoms with Crippen molar-refractivity contribution >= 4 is 5.97 Å². The van der Waals surface area contributed by atoms with Crippen LogP contribution in [0, 0.1) is 11.8 Å². The van der Waals surface area contributed by atoms with Gasteiger partial charge < -0.3 is 10.2 Å². The summed E-state index contributed by atoms with van der Waals surface area (Å²) in [5.41, 5.74) is -2.34. The minimum Gasteiger partial charge on any atom is -0.477 e. The Morgan fingerprint density at radius 1 is 1.50 bits per heavy atom. The van der Waals surface area contributed by atoms with Gasteiger partial charge in [-0.2, -0.15) is 8.78 Å². The lowest BCUT2D eigenvalue weighted by atomic mass is 9.63. The Kier molecular flexibility index (Phi) is 2.56. The van der Waals surface area contributed by atoms with Gasteiger partial charge in [0.25, 0.3) is 0 Å². The summed E-state index contributed by atoms with van der Waals surface area (Å²) in [6.07, 6.45) is -0.270. The van der Waals surface area contributed by atoms with Crippen LogP contribution in [0.2, 0.25) is 0 Å². The fourth-order valence-electron chi connectivity index (χ4n) is 1.73. The molecule has 1 aliphatic rings. The van der Waals surface area contributed by atoms with Crippen molar-refractivity contribution in [1.82, 2.24) is 0 Å². The van der Waals surface area contributed by atoms with Crippen LogP contribution >= 0.6 is 0 Å². The summed E-state index contributed by atoms with van der Waals surface area (Å²) in [6.45, 7) is 3.73. The Balaban J connectivity index is 2.68. The fourth-order valence-corrected chi connectivity index (χ4v) is 1.73. The lowest BCUT2D eigenvalue weighted by molar-refractivity contribution is -0.244. The summed E-state index contributed by atoms with van der Waals surface area (Å²) in [5.74, 6) is -6.09. The van der Waals surface area contributed by atoms with Gasteiger partial charge in [-0.15, -0.1) is 0 Å². The number of rotatable bonds is 3. The van der Waals surface area contributed by atoms with E-state index in [0.717, 1.165) is 0 Å². The van der Waals surface area contributed by atoms with E-state index in [1.54, 1.807) is 0 Å². The third-order valence-corrected chi connectivity index (χ3v) is 3.00. The van der Waals surface area contributed by atoms with Gasteiger partial charge in [0.15, 0.2) is 0 Å². The third-order valence-electron chi connectivity index (χ3n) is 3.00. The highest BCUT2D eigenvalue weighted by Crippen LogP contribution is 2.50. The fraction of sp³-hybridized carbons (Fsp3) is 0.889. The molecule has 0 aliphatic heterocycles. The van der Waals surface area contributed by atoms with Gasteiger partial charge in [0.05, 0.1) is 0 Å². The van der Waals surface area contributed by atoms with Crippen molar-refractivity contribution in [2.45, 2.75) is 38.2 Å². The van der Waals surface area contributed by atoms with Gasteiger partial charge in [-0.1, -0.05) is 13.8 Å². The highest BCUT2D eigenvalue weighted by atomic mass is 19.3. The zero-order chi connectivity index (χ0) is 11.1. The molecule has 0 amide bonds. The van der Waals surface area contributed by atoms with Crippen LogP contribution < -0.4 is 0 Å². The summed E-state index contributed by atoms with van der Waals surface area (Å²) >= 11 is 0. The molecule has 0 bridgehead atoms. The Bertz CT molecular complexity index is 244. The van der Waals surface area contributed by atoms with Gasteiger partial charge in [-0.05, 0) is 24.7 Å². The Morgan fingerprint density at radius 3 is 2.21 bits per heavy atom. The van der Waals surface area contributed by atoms with Crippen molar-refractivity contribution in [2.24, 2.45) is 11.8 Å². The van der Waals surface area contributed by atoms with E-state index in [9.17, 15) is 18.7 Å². The second kappa shape index (κ2) is 3.15. The number of carboxylic acids is 1. The average Bonchev–Trinajstić information content (AvgIpc) is 1.97. The molecule has 0 atom stereocenters. The van der Waals surface area contributed by atoms with Crippen LogP contribution in [0.5, 0.6) is 0 Å². The van der Waals surface area contributed by atoms with Gasteiger partial charge in [0.1, 0.15) is 5.60 Å². The van der Waals surface area contributed by atoms with E-state index in [-0.39, 0.29) is 24.7 Å². The highest BCUT2D eigenvalue weighted by Gasteiger charge is 2.64. The molecule has 0 aromatic rings. The molecular weight excluding hydrogens is 194 g/mol. The first-order valence-corrected chi connectivity index (χ1v) is 4.54. The molecule has 1 aliphatic carbocycles. The minimum atomic E-state index is -4.03. The maximum Gasteiger partial charge on any atom is 0.377 e. The molecule has 0 aromatic carbocycles. The summed E-state index contributed by atoms with van der Waals surface area (Å²) in [5, 5.41) is 17.7. The normalized spacial score (nSPS) is 32.9. The number of aliphatic carboxylic acids is 1. The SMILES string of the molecule is CC(C)C1CC(O)(C(F)(F)C(=O)O)C1. The zero-order valence-corrected chi connectivity index (χ0v) is 8.13. The van der Waals surface area contributed by atoms with Gasteiger partial charge in [-0.3, -0.25) is 0 Å². The van der Waals surface area contributed by atoms with Crippen LogP contribution in [0.1, 0.15) is 26.7 Å². The van der Waals surface area contributed by atoms with Crippen LogP contribution in [0.3, 0.4) is 0 Å². The Morgan fingerprint density at radius 2 is 1.93 bits per heavy atom. The van der Waals surface area contributed by atoms with Crippen molar-refractivity contribution < 1.29 is 23.8 Å². The maximum atomic E-state index is 13.0. The van der Waals surface area contributed by atoms with Gasteiger partial charge >= 0.3 is 11.9 Å². The van der Waals surface area contributed by atoms with Crippen molar-refractivity contribution in [3.63, 3.8) is 0 Å². The number of aliphatic hydroxyl groups is 1. The number of alkyl halides is 2. The number of hydrogen-bond acceptors (Lipinski definition) is 2. The lowest BCUT2D eigenvalue weighted by Crippen LogP contribution is -2.61. The highest BCUT2D eigenvalue weighted by molar-refractivity contribution is 5.77. The lowest BCUT2D eigenvalue weighted by Gasteiger charge is -2.47. The van der Waals surface area contributed by atoms with Crippen molar-refractivity contribution in [1.29, 1.82) is 0 Å². The predicted octanol–water partition coefficient (Wildman–Crippen LogP) is 1.50. The van der Waals surface area contributed by atoms with Crippen LogP contribution in [-0.2, 0) is 4.79 Å². The monoisotopic (exact) mass is 208 g/mol. The van der Waals surface area contributed by atoms with Crippen LogP contribution in [0.25, 0.3) is 0 Å². The van der Waals surface area contributed by atoms with Gasteiger partial charge in [0, 0.05) is 0 Å². The molecule has 82 valence electrons. The number of halogens is 2. The summed E-state index contributed by atoms with van der Waals surface area (Å²) < 4.78 is 25.9. The first-order valence-electron chi connectivity index (χ1n) is 4.54. The molecule has 2 N–H and O–H groups in total. The molecule has 0 spiro atoms. The largest absolute Gasteiger partial charge is 0.477 e. The second-order valence-corrected chi connectivity index (χ2v) is 4.32. The van der Waals surface area contributed by atoms with E-state index in [4.69, 9.17) is 5.11 Å². The second-order valence-electron chi connectivity index (χ2n) is 4.32.